The SMILES string of the molecule is COC1CC(S(=O)(=O)c2ccc(-c3cnn(C)c3)cc2C(F)(F)F)CC1C(=O)NC1(C#N)CC1. The van der Waals surface area contributed by atoms with Crippen molar-refractivity contribution in [3.05, 3.63) is 36.2 Å². The van der Waals surface area contributed by atoms with Gasteiger partial charge in [0, 0.05) is 25.9 Å². The molecule has 1 heterocycles. The molecule has 2 fully saturated rings. The Kier molecular flexibility index (Phi) is 5.98. The molecule has 1 N–H and O–H groups in total. The maximum atomic E-state index is 13.9. The summed E-state index contributed by atoms with van der Waals surface area (Å²) < 4.78 is 75.3. The number of sulfone groups is 1. The standard InChI is InChI=1S/C22H23F3N4O4S/c1-29-11-14(10-27-29)13-3-4-19(17(7-13)22(23,24)25)34(31,32)15-8-16(18(9-15)33-2)20(30)28-21(12-26)5-6-21/h3-4,7,10-11,15-16,18H,5-6,8-9H2,1-2H3,(H,28,30). The average molecular weight is 497 g/mol. The molecule has 1 aromatic heterocycles. The van der Waals surface area contributed by atoms with E-state index in [0.717, 1.165) is 12.1 Å². The van der Waals surface area contributed by atoms with Gasteiger partial charge >= 0.3 is 6.18 Å². The quantitative estimate of drug-likeness (QED) is 0.658. The van der Waals surface area contributed by atoms with E-state index in [1.807, 2.05) is 6.07 Å². The first-order chi connectivity index (χ1) is 15.9. The normalized spacial score (nSPS) is 23.9. The van der Waals surface area contributed by atoms with Gasteiger partial charge in [0.15, 0.2) is 9.84 Å². The summed E-state index contributed by atoms with van der Waals surface area (Å²) in [4.78, 5) is 11.9. The topological polar surface area (TPSA) is 114 Å². The van der Waals surface area contributed by atoms with E-state index in [1.54, 1.807) is 7.05 Å². The van der Waals surface area contributed by atoms with E-state index >= 15 is 0 Å². The van der Waals surface area contributed by atoms with Gasteiger partial charge in [0.25, 0.3) is 0 Å². The molecule has 2 aliphatic rings. The summed E-state index contributed by atoms with van der Waals surface area (Å²) in [6, 6.07) is 5.11. The molecule has 3 unspecified atom stereocenters. The van der Waals surface area contributed by atoms with Crippen LogP contribution in [0.25, 0.3) is 11.1 Å². The number of hydrogen-bond donors (Lipinski definition) is 1. The Balaban J connectivity index is 1.66. The van der Waals surface area contributed by atoms with Crippen molar-refractivity contribution in [2.45, 2.75) is 53.6 Å². The van der Waals surface area contributed by atoms with Crippen molar-refractivity contribution < 1.29 is 31.1 Å². The maximum Gasteiger partial charge on any atom is 0.417 e. The second kappa shape index (κ2) is 8.39. The minimum Gasteiger partial charge on any atom is -0.381 e. The van der Waals surface area contributed by atoms with Gasteiger partial charge in [-0.25, -0.2) is 8.42 Å². The first-order valence-electron chi connectivity index (χ1n) is 10.6. The minimum absolute atomic E-state index is 0.127. The fourth-order valence-corrected chi connectivity index (χ4v) is 6.39. The summed E-state index contributed by atoms with van der Waals surface area (Å²) in [7, 11) is -1.52. The third-order valence-electron chi connectivity index (χ3n) is 6.50. The Morgan fingerprint density at radius 2 is 2.00 bits per heavy atom. The van der Waals surface area contributed by atoms with Crippen LogP contribution in [0.3, 0.4) is 0 Å². The number of ether oxygens (including phenoxy) is 1. The maximum absolute atomic E-state index is 13.9. The lowest BCUT2D eigenvalue weighted by atomic mass is 10.0. The van der Waals surface area contributed by atoms with Gasteiger partial charge < -0.3 is 10.1 Å². The number of methoxy groups -OCH3 is 1. The zero-order valence-corrected chi connectivity index (χ0v) is 19.3. The van der Waals surface area contributed by atoms with Crippen LogP contribution in [-0.4, -0.2) is 48.1 Å². The highest BCUT2D eigenvalue weighted by molar-refractivity contribution is 7.92. The summed E-state index contributed by atoms with van der Waals surface area (Å²) in [6.45, 7) is 0. The number of rotatable bonds is 6. The van der Waals surface area contributed by atoms with E-state index in [9.17, 15) is 31.6 Å². The molecule has 0 spiro atoms. The van der Waals surface area contributed by atoms with Crippen molar-refractivity contribution in [3.63, 3.8) is 0 Å². The Labute approximate surface area is 194 Å². The smallest absolute Gasteiger partial charge is 0.381 e. The Bertz CT molecular complexity index is 1260. The number of aryl methyl sites for hydroxylation is 1. The molecule has 2 aromatic rings. The van der Waals surface area contributed by atoms with Crippen LogP contribution >= 0.6 is 0 Å². The van der Waals surface area contributed by atoms with Crippen LogP contribution in [0.4, 0.5) is 13.2 Å². The number of nitrogens with one attached hydrogen (secondary N) is 1. The molecule has 0 bridgehead atoms. The van der Waals surface area contributed by atoms with E-state index in [2.05, 4.69) is 10.4 Å². The number of halogens is 3. The van der Waals surface area contributed by atoms with Crippen LogP contribution in [0.15, 0.2) is 35.5 Å². The van der Waals surface area contributed by atoms with Crippen molar-refractivity contribution in [2.75, 3.05) is 7.11 Å². The summed E-state index contributed by atoms with van der Waals surface area (Å²) in [5, 5.41) is 14.5. The van der Waals surface area contributed by atoms with Gasteiger partial charge in [-0.2, -0.15) is 23.5 Å². The van der Waals surface area contributed by atoms with Crippen LogP contribution in [-0.2, 0) is 32.6 Å². The van der Waals surface area contributed by atoms with Crippen LogP contribution < -0.4 is 5.32 Å². The third-order valence-corrected chi connectivity index (χ3v) is 8.73. The number of benzene rings is 1. The third kappa shape index (κ3) is 4.42. The molecular formula is C22H23F3N4O4S. The van der Waals surface area contributed by atoms with Gasteiger partial charge in [0.1, 0.15) is 5.54 Å². The van der Waals surface area contributed by atoms with Crippen molar-refractivity contribution in [1.29, 1.82) is 5.26 Å². The summed E-state index contributed by atoms with van der Waals surface area (Å²) in [5.41, 5.74) is -1.61. The first-order valence-corrected chi connectivity index (χ1v) is 12.1. The van der Waals surface area contributed by atoms with Crippen LogP contribution in [0.5, 0.6) is 0 Å². The number of nitrogens with zero attached hydrogens (tertiary/aromatic N) is 3. The highest BCUT2D eigenvalue weighted by atomic mass is 32.2. The number of carbonyl (C=O) groups is 1. The number of alkyl halides is 3. The lowest BCUT2D eigenvalue weighted by Crippen LogP contribution is -2.42. The second-order valence-corrected chi connectivity index (χ2v) is 11.0. The van der Waals surface area contributed by atoms with Gasteiger partial charge in [-0.15, -0.1) is 0 Å². The highest BCUT2D eigenvalue weighted by Crippen LogP contribution is 2.43. The van der Waals surface area contributed by atoms with Crippen molar-refractivity contribution in [2.24, 2.45) is 13.0 Å². The summed E-state index contributed by atoms with van der Waals surface area (Å²) in [5.74, 6) is -1.41. The van der Waals surface area contributed by atoms with E-state index in [0.29, 0.717) is 18.4 Å². The van der Waals surface area contributed by atoms with Crippen molar-refractivity contribution in [1.82, 2.24) is 15.1 Å². The van der Waals surface area contributed by atoms with E-state index < -0.39 is 55.2 Å². The predicted octanol–water partition coefficient (Wildman–Crippen LogP) is 2.85. The van der Waals surface area contributed by atoms with Gasteiger partial charge in [0.05, 0.1) is 40.0 Å². The molecule has 1 amide bonds. The zero-order chi connectivity index (χ0) is 24.9. The van der Waals surface area contributed by atoms with Crippen molar-refractivity contribution in [3.8, 4) is 17.2 Å². The lowest BCUT2D eigenvalue weighted by Gasteiger charge is -2.19. The molecule has 8 nitrogen and oxygen atoms in total. The fourth-order valence-electron chi connectivity index (χ4n) is 4.39. The molecule has 2 aliphatic carbocycles. The van der Waals surface area contributed by atoms with E-state index in [4.69, 9.17) is 4.74 Å². The molecule has 12 heteroatoms. The van der Waals surface area contributed by atoms with E-state index in [-0.39, 0.29) is 18.4 Å². The number of aromatic nitrogens is 2. The fraction of sp³-hybridized carbons (Fsp3) is 0.500. The molecule has 34 heavy (non-hydrogen) atoms. The molecule has 1 aromatic carbocycles. The van der Waals surface area contributed by atoms with Crippen LogP contribution in [0, 0.1) is 17.2 Å². The Hall–Kier alpha value is -2.91. The predicted molar refractivity (Wildman–Crippen MR) is 114 cm³/mol. The molecule has 0 aliphatic heterocycles. The summed E-state index contributed by atoms with van der Waals surface area (Å²) >= 11 is 0. The first kappa shape index (κ1) is 24.2. The molecule has 0 radical (unpaired) electrons. The van der Waals surface area contributed by atoms with Gasteiger partial charge in [0.2, 0.25) is 5.91 Å². The lowest BCUT2D eigenvalue weighted by molar-refractivity contribution is -0.139. The Morgan fingerprint density at radius 3 is 2.53 bits per heavy atom. The second-order valence-electron chi connectivity index (χ2n) is 8.81. The van der Waals surface area contributed by atoms with Crippen LogP contribution in [0.2, 0.25) is 0 Å². The van der Waals surface area contributed by atoms with Crippen molar-refractivity contribution >= 4 is 15.7 Å². The van der Waals surface area contributed by atoms with E-state index in [1.165, 1.54) is 30.3 Å². The average Bonchev–Trinajstić information content (AvgIpc) is 3.19. The highest BCUT2D eigenvalue weighted by Gasteiger charge is 2.51. The molecule has 3 atom stereocenters. The molecular weight excluding hydrogens is 473 g/mol. The number of amides is 1. The van der Waals surface area contributed by atoms with Gasteiger partial charge in [-0.1, -0.05) is 6.07 Å². The Morgan fingerprint density at radius 1 is 1.29 bits per heavy atom. The zero-order valence-electron chi connectivity index (χ0n) is 18.5. The van der Waals surface area contributed by atoms with Crippen LogP contribution in [0.1, 0.15) is 31.2 Å². The molecule has 2 saturated carbocycles. The molecule has 4 rings (SSSR count). The number of hydrogen-bond acceptors (Lipinski definition) is 6. The largest absolute Gasteiger partial charge is 0.417 e. The summed E-state index contributed by atoms with van der Waals surface area (Å²) in [6.07, 6.45) is -2.12. The monoisotopic (exact) mass is 496 g/mol. The number of carbonyl (C=O) groups excluding carboxylic acids is 1. The van der Waals surface area contributed by atoms with Gasteiger partial charge in [-0.3, -0.25) is 9.48 Å². The molecule has 0 saturated heterocycles. The number of nitriles is 1. The van der Waals surface area contributed by atoms with Gasteiger partial charge in [-0.05, 0) is 43.4 Å². The minimum atomic E-state index is -4.91. The molecule has 182 valence electrons.